The number of hydrogen-bond acceptors (Lipinski definition) is 4. The van der Waals surface area contributed by atoms with E-state index in [1.165, 1.54) is 5.56 Å². The van der Waals surface area contributed by atoms with Gasteiger partial charge in [-0.15, -0.1) is 0 Å². The van der Waals surface area contributed by atoms with Gasteiger partial charge in [-0.1, -0.05) is 42.5 Å². The third-order valence-electron chi connectivity index (χ3n) is 4.66. The molecule has 154 valence electrons. The van der Waals surface area contributed by atoms with Crippen molar-refractivity contribution >= 4 is 29.2 Å². The number of hydrazone groups is 1. The Morgan fingerprint density at radius 2 is 1.80 bits per heavy atom. The monoisotopic (exact) mass is 419 g/mol. The molecular formula is C24H25N3O2S. The fraction of sp³-hybridized carbons (Fsp3) is 0.167. The van der Waals surface area contributed by atoms with Crippen molar-refractivity contribution in [2.24, 2.45) is 5.10 Å². The lowest BCUT2D eigenvalue weighted by atomic mass is 10.1. The zero-order valence-electron chi connectivity index (χ0n) is 17.3. The van der Waals surface area contributed by atoms with Crippen molar-refractivity contribution in [1.29, 1.82) is 0 Å². The molecule has 0 aliphatic carbocycles. The number of nitrogens with one attached hydrogen (secondary N) is 2. The van der Waals surface area contributed by atoms with Crippen LogP contribution >= 0.6 is 12.2 Å². The molecule has 6 heteroatoms. The first kappa shape index (κ1) is 21.3. The summed E-state index contributed by atoms with van der Waals surface area (Å²) in [6.45, 7) is 4.59. The van der Waals surface area contributed by atoms with E-state index in [1.807, 2.05) is 60.7 Å². The first-order valence-electron chi connectivity index (χ1n) is 9.58. The topological polar surface area (TPSA) is 54.9 Å². The van der Waals surface area contributed by atoms with E-state index in [0.717, 1.165) is 22.4 Å². The highest BCUT2D eigenvalue weighted by Gasteiger charge is 2.06. The van der Waals surface area contributed by atoms with Gasteiger partial charge in [0.1, 0.15) is 6.61 Å². The number of hydrogen-bond donors (Lipinski definition) is 2. The first-order chi connectivity index (χ1) is 14.6. The molecule has 2 N–H and O–H groups in total. The molecule has 0 aromatic heterocycles. The van der Waals surface area contributed by atoms with Crippen LogP contribution in [0.15, 0.2) is 71.8 Å². The summed E-state index contributed by atoms with van der Waals surface area (Å²) < 4.78 is 11.3. The summed E-state index contributed by atoms with van der Waals surface area (Å²) in [7, 11) is 1.62. The summed E-state index contributed by atoms with van der Waals surface area (Å²) in [5.41, 5.74) is 8.12. The van der Waals surface area contributed by atoms with Crippen LogP contribution in [0.3, 0.4) is 0 Å². The van der Waals surface area contributed by atoms with Crippen molar-refractivity contribution in [1.82, 2.24) is 5.43 Å². The van der Waals surface area contributed by atoms with Crippen LogP contribution in [-0.4, -0.2) is 18.4 Å². The Morgan fingerprint density at radius 3 is 2.57 bits per heavy atom. The lowest BCUT2D eigenvalue weighted by Gasteiger charge is -2.12. The number of rotatable bonds is 7. The lowest BCUT2D eigenvalue weighted by molar-refractivity contribution is 0.284. The van der Waals surface area contributed by atoms with Crippen molar-refractivity contribution in [3.63, 3.8) is 0 Å². The molecule has 0 heterocycles. The largest absolute Gasteiger partial charge is 0.493 e. The Bertz CT molecular complexity index is 1040. The van der Waals surface area contributed by atoms with E-state index in [9.17, 15) is 0 Å². The number of thiocarbonyl (C=S) groups is 1. The Hall–Kier alpha value is -3.38. The highest BCUT2D eigenvalue weighted by Crippen LogP contribution is 2.28. The molecule has 0 spiro atoms. The molecule has 0 saturated carbocycles. The summed E-state index contributed by atoms with van der Waals surface area (Å²) >= 11 is 5.32. The van der Waals surface area contributed by atoms with Crippen molar-refractivity contribution in [3.8, 4) is 11.5 Å². The molecule has 0 saturated heterocycles. The van der Waals surface area contributed by atoms with Crippen LogP contribution in [0.25, 0.3) is 0 Å². The summed E-state index contributed by atoms with van der Waals surface area (Å²) in [5.74, 6) is 1.32. The molecule has 30 heavy (non-hydrogen) atoms. The van der Waals surface area contributed by atoms with Crippen LogP contribution in [-0.2, 0) is 6.61 Å². The van der Waals surface area contributed by atoms with Crippen LogP contribution in [0.2, 0.25) is 0 Å². The second-order valence-corrected chi connectivity index (χ2v) is 7.16. The molecule has 0 bridgehead atoms. The van der Waals surface area contributed by atoms with E-state index < -0.39 is 0 Å². The molecule has 0 atom stereocenters. The minimum absolute atomic E-state index is 0.426. The van der Waals surface area contributed by atoms with Crippen molar-refractivity contribution in [2.75, 3.05) is 12.4 Å². The van der Waals surface area contributed by atoms with Crippen LogP contribution in [0.5, 0.6) is 11.5 Å². The van der Waals surface area contributed by atoms with Crippen LogP contribution in [0.1, 0.15) is 22.3 Å². The smallest absolute Gasteiger partial charge is 0.191 e. The molecule has 0 aliphatic heterocycles. The molecule has 3 aromatic carbocycles. The Morgan fingerprint density at radius 1 is 1.00 bits per heavy atom. The zero-order chi connectivity index (χ0) is 21.3. The number of nitrogens with zero attached hydrogens (tertiary/aromatic N) is 1. The van der Waals surface area contributed by atoms with Gasteiger partial charge in [0.25, 0.3) is 0 Å². The normalized spacial score (nSPS) is 10.6. The maximum atomic E-state index is 5.88. The maximum Gasteiger partial charge on any atom is 0.191 e. The summed E-state index contributed by atoms with van der Waals surface area (Å²) in [4.78, 5) is 0. The third kappa shape index (κ3) is 5.81. The fourth-order valence-corrected chi connectivity index (χ4v) is 2.98. The average molecular weight is 420 g/mol. The minimum Gasteiger partial charge on any atom is -0.493 e. The standard InChI is InChI=1S/C24H25N3O2S/c1-17-8-7-11-21(18(17)2)26-24(30)27-25-15-20-12-13-22(23(14-20)28-3)29-16-19-9-5-4-6-10-19/h4-15H,16H2,1-3H3,(H2,26,27,30). The maximum absolute atomic E-state index is 5.88. The average Bonchev–Trinajstić information content (AvgIpc) is 2.76. The number of anilines is 1. The molecule has 3 aromatic rings. The van der Waals surface area contributed by atoms with E-state index in [2.05, 4.69) is 35.8 Å². The van der Waals surface area contributed by atoms with E-state index in [1.54, 1.807) is 13.3 Å². The lowest BCUT2D eigenvalue weighted by Crippen LogP contribution is -2.24. The van der Waals surface area contributed by atoms with Gasteiger partial charge in [-0.2, -0.15) is 5.10 Å². The van der Waals surface area contributed by atoms with Crippen molar-refractivity contribution < 1.29 is 9.47 Å². The summed E-state index contributed by atoms with van der Waals surface area (Å²) in [6.07, 6.45) is 1.68. The molecule has 0 radical (unpaired) electrons. The zero-order valence-corrected chi connectivity index (χ0v) is 18.1. The van der Waals surface area contributed by atoms with E-state index in [-0.39, 0.29) is 0 Å². The fourth-order valence-electron chi connectivity index (χ4n) is 2.82. The molecule has 0 fully saturated rings. The molecule has 0 aliphatic rings. The predicted octanol–water partition coefficient (Wildman–Crippen LogP) is 5.21. The van der Waals surface area contributed by atoms with Gasteiger partial charge in [0.15, 0.2) is 16.6 Å². The number of methoxy groups -OCH3 is 1. The molecule has 0 amide bonds. The molecular weight excluding hydrogens is 394 g/mol. The molecule has 3 rings (SSSR count). The Labute approximate surface area is 182 Å². The van der Waals surface area contributed by atoms with Crippen LogP contribution in [0, 0.1) is 13.8 Å². The van der Waals surface area contributed by atoms with Crippen LogP contribution in [0.4, 0.5) is 5.69 Å². The summed E-state index contributed by atoms with van der Waals surface area (Å²) in [6, 6.07) is 21.7. The van der Waals surface area contributed by atoms with Crippen molar-refractivity contribution in [3.05, 3.63) is 89.0 Å². The third-order valence-corrected chi connectivity index (χ3v) is 4.85. The molecule has 5 nitrogen and oxygen atoms in total. The highest BCUT2D eigenvalue weighted by molar-refractivity contribution is 7.80. The Balaban J connectivity index is 1.58. The van der Waals surface area contributed by atoms with Gasteiger partial charge in [0.05, 0.1) is 13.3 Å². The summed E-state index contributed by atoms with van der Waals surface area (Å²) in [5, 5.41) is 7.80. The Kier molecular flexibility index (Phi) is 7.40. The van der Waals surface area contributed by atoms with Gasteiger partial charge in [0, 0.05) is 5.69 Å². The quantitative estimate of drug-likeness (QED) is 0.313. The van der Waals surface area contributed by atoms with Gasteiger partial charge >= 0.3 is 0 Å². The highest BCUT2D eigenvalue weighted by atomic mass is 32.1. The second kappa shape index (κ2) is 10.4. The number of ether oxygens (including phenoxy) is 2. The SMILES string of the molecule is COc1cc(C=NNC(=S)Nc2cccc(C)c2C)ccc1OCc1ccccc1. The molecule has 0 unspecified atom stereocenters. The van der Waals surface area contributed by atoms with E-state index in [0.29, 0.717) is 23.2 Å². The minimum atomic E-state index is 0.426. The van der Waals surface area contributed by atoms with Gasteiger partial charge < -0.3 is 14.8 Å². The van der Waals surface area contributed by atoms with Gasteiger partial charge in [0.2, 0.25) is 0 Å². The van der Waals surface area contributed by atoms with E-state index >= 15 is 0 Å². The van der Waals surface area contributed by atoms with Gasteiger partial charge in [-0.05, 0) is 72.6 Å². The van der Waals surface area contributed by atoms with Gasteiger partial charge in [-0.25, -0.2) is 0 Å². The number of aryl methyl sites for hydroxylation is 1. The predicted molar refractivity (Wildman–Crippen MR) is 127 cm³/mol. The first-order valence-corrected chi connectivity index (χ1v) is 9.98. The van der Waals surface area contributed by atoms with Gasteiger partial charge in [-0.3, -0.25) is 5.43 Å². The van der Waals surface area contributed by atoms with E-state index in [4.69, 9.17) is 21.7 Å². The van der Waals surface area contributed by atoms with Crippen molar-refractivity contribution in [2.45, 2.75) is 20.5 Å². The number of benzene rings is 3. The van der Waals surface area contributed by atoms with Crippen LogP contribution < -0.4 is 20.2 Å². The second-order valence-electron chi connectivity index (χ2n) is 6.76.